The number of hydrogen-bond acceptors (Lipinski definition) is 6. The largest absolute Gasteiger partial charge is 0.416 e. The van der Waals surface area contributed by atoms with Crippen LogP contribution in [0.5, 0.6) is 0 Å². The van der Waals surface area contributed by atoms with Crippen molar-refractivity contribution in [3.8, 4) is 11.9 Å². The summed E-state index contributed by atoms with van der Waals surface area (Å²) >= 11 is 0. The van der Waals surface area contributed by atoms with E-state index < -0.39 is 41.0 Å². The second-order valence-corrected chi connectivity index (χ2v) is 6.75. The Hall–Kier alpha value is -4.15. The van der Waals surface area contributed by atoms with Crippen molar-refractivity contribution in [1.29, 1.82) is 5.26 Å². The molecule has 0 radical (unpaired) electrons. The molecule has 3 rings (SSSR count). The molecular formula is C19H13F6N7O. The lowest BCUT2D eigenvalue weighted by molar-refractivity contribution is -0.143. The van der Waals surface area contributed by atoms with Crippen LogP contribution in [0.3, 0.4) is 0 Å². The van der Waals surface area contributed by atoms with Gasteiger partial charge < -0.3 is 11.1 Å². The number of nitrogens with zero attached hydrogens (tertiary/aromatic N) is 5. The second kappa shape index (κ2) is 8.41. The van der Waals surface area contributed by atoms with Gasteiger partial charge in [0.15, 0.2) is 11.6 Å². The number of hydrogen-bond donors (Lipinski definition) is 2. The van der Waals surface area contributed by atoms with E-state index in [9.17, 15) is 31.1 Å². The summed E-state index contributed by atoms with van der Waals surface area (Å²) < 4.78 is 79.5. The average molecular weight is 469 g/mol. The van der Waals surface area contributed by atoms with Gasteiger partial charge in [0.25, 0.3) is 5.91 Å². The molecule has 172 valence electrons. The van der Waals surface area contributed by atoms with Gasteiger partial charge in [-0.3, -0.25) is 4.79 Å². The number of aromatic nitrogens is 4. The number of carbonyl (C=O) groups excluding carboxylic acids is 1. The first-order valence-corrected chi connectivity index (χ1v) is 8.99. The molecule has 0 aliphatic carbocycles. The van der Waals surface area contributed by atoms with Crippen LogP contribution in [0.2, 0.25) is 0 Å². The number of amides is 1. The predicted octanol–water partition coefficient (Wildman–Crippen LogP) is 3.64. The molecular weight excluding hydrogens is 456 g/mol. The number of anilines is 1. The van der Waals surface area contributed by atoms with E-state index in [1.807, 2.05) is 6.07 Å². The number of nitrogens with two attached hydrogens (primary N) is 1. The maximum Gasteiger partial charge on any atom is 0.416 e. The van der Waals surface area contributed by atoms with E-state index in [0.29, 0.717) is 12.1 Å². The number of nitrogens with one attached hydrogen (secondary N) is 1. The average Bonchev–Trinajstić information content (AvgIpc) is 3.14. The van der Waals surface area contributed by atoms with Gasteiger partial charge in [-0.15, -0.1) is 5.10 Å². The van der Waals surface area contributed by atoms with Crippen LogP contribution in [0.4, 0.5) is 32.3 Å². The lowest BCUT2D eigenvalue weighted by Crippen LogP contribution is -2.29. The molecule has 3 aromatic rings. The smallest absolute Gasteiger partial charge is 0.366 e. The third kappa shape index (κ3) is 5.20. The Morgan fingerprint density at radius 1 is 1.12 bits per heavy atom. The van der Waals surface area contributed by atoms with E-state index in [1.165, 1.54) is 25.3 Å². The van der Waals surface area contributed by atoms with Crippen molar-refractivity contribution in [2.75, 3.05) is 5.73 Å². The van der Waals surface area contributed by atoms with Crippen molar-refractivity contribution < 1.29 is 31.1 Å². The molecule has 0 spiro atoms. The minimum Gasteiger partial charge on any atom is -0.366 e. The van der Waals surface area contributed by atoms with Crippen LogP contribution in [0, 0.1) is 11.3 Å². The molecule has 1 atom stereocenters. The monoisotopic (exact) mass is 469 g/mol. The molecule has 0 saturated heterocycles. The van der Waals surface area contributed by atoms with Gasteiger partial charge >= 0.3 is 12.4 Å². The SMILES string of the molecule is CC(NC(=O)c1cc(C(F)(F)F)cc(C(F)(F)F)c1)c1nc(N)nn1-c1ccc(C#N)cn1. The van der Waals surface area contributed by atoms with E-state index in [4.69, 9.17) is 11.0 Å². The molecule has 1 unspecified atom stereocenters. The third-order valence-electron chi connectivity index (χ3n) is 4.33. The van der Waals surface area contributed by atoms with Crippen molar-refractivity contribution in [1.82, 2.24) is 25.1 Å². The van der Waals surface area contributed by atoms with Gasteiger partial charge in [0, 0.05) is 11.8 Å². The first-order valence-electron chi connectivity index (χ1n) is 8.99. The zero-order valence-electron chi connectivity index (χ0n) is 16.5. The quantitative estimate of drug-likeness (QED) is 0.563. The molecule has 3 N–H and O–H groups in total. The fourth-order valence-corrected chi connectivity index (χ4v) is 2.80. The first-order chi connectivity index (χ1) is 15.3. The number of benzene rings is 1. The summed E-state index contributed by atoms with van der Waals surface area (Å²) in [5, 5.41) is 15.1. The summed E-state index contributed by atoms with van der Waals surface area (Å²) in [6.45, 7) is 1.37. The molecule has 0 bridgehead atoms. The molecule has 2 heterocycles. The summed E-state index contributed by atoms with van der Waals surface area (Å²) in [4.78, 5) is 20.5. The Balaban J connectivity index is 1.94. The highest BCUT2D eigenvalue weighted by Crippen LogP contribution is 2.36. The summed E-state index contributed by atoms with van der Waals surface area (Å²) in [5.74, 6) is -1.27. The number of nitrogen functional groups attached to an aromatic ring is 1. The van der Waals surface area contributed by atoms with Crippen LogP contribution in [-0.2, 0) is 12.4 Å². The number of pyridine rings is 1. The van der Waals surface area contributed by atoms with E-state index >= 15 is 0 Å². The molecule has 0 saturated carbocycles. The fourth-order valence-electron chi connectivity index (χ4n) is 2.80. The van der Waals surface area contributed by atoms with Crippen molar-refractivity contribution in [2.24, 2.45) is 0 Å². The first kappa shape index (κ1) is 23.5. The van der Waals surface area contributed by atoms with E-state index in [1.54, 1.807) is 0 Å². The Morgan fingerprint density at radius 3 is 2.21 bits per heavy atom. The number of alkyl halides is 6. The molecule has 8 nitrogen and oxygen atoms in total. The van der Waals surface area contributed by atoms with Gasteiger partial charge in [0.1, 0.15) is 6.07 Å². The molecule has 0 fully saturated rings. The highest BCUT2D eigenvalue weighted by molar-refractivity contribution is 5.94. The highest BCUT2D eigenvalue weighted by Gasteiger charge is 2.37. The van der Waals surface area contributed by atoms with Crippen LogP contribution in [-0.4, -0.2) is 25.7 Å². The summed E-state index contributed by atoms with van der Waals surface area (Å²) in [7, 11) is 0. The molecule has 33 heavy (non-hydrogen) atoms. The van der Waals surface area contributed by atoms with Crippen LogP contribution in [0.25, 0.3) is 5.82 Å². The van der Waals surface area contributed by atoms with E-state index in [2.05, 4.69) is 20.4 Å². The Labute approximate surface area is 181 Å². The highest BCUT2D eigenvalue weighted by atomic mass is 19.4. The van der Waals surface area contributed by atoms with Gasteiger partial charge in [-0.2, -0.15) is 41.3 Å². The molecule has 0 aliphatic rings. The predicted molar refractivity (Wildman–Crippen MR) is 101 cm³/mol. The zero-order valence-corrected chi connectivity index (χ0v) is 16.5. The molecule has 14 heteroatoms. The van der Waals surface area contributed by atoms with Gasteiger partial charge in [-0.05, 0) is 37.3 Å². The van der Waals surface area contributed by atoms with Crippen molar-refractivity contribution >= 4 is 11.9 Å². The molecule has 1 amide bonds. The van der Waals surface area contributed by atoms with Gasteiger partial charge in [-0.1, -0.05) is 0 Å². The lowest BCUT2D eigenvalue weighted by atomic mass is 10.0. The molecule has 0 aliphatic heterocycles. The second-order valence-electron chi connectivity index (χ2n) is 6.75. The fraction of sp³-hybridized carbons (Fsp3) is 0.211. The normalized spacial score (nSPS) is 12.8. The topological polar surface area (TPSA) is 123 Å². The maximum atomic E-state index is 13.1. The van der Waals surface area contributed by atoms with E-state index in [0.717, 1.165) is 4.68 Å². The Kier molecular flexibility index (Phi) is 5.99. The number of halogens is 6. The van der Waals surface area contributed by atoms with Crippen molar-refractivity contribution in [2.45, 2.75) is 25.3 Å². The lowest BCUT2D eigenvalue weighted by Gasteiger charge is -2.17. The number of carbonyl (C=O) groups is 1. The van der Waals surface area contributed by atoms with Crippen LogP contribution in [0.1, 0.15) is 45.8 Å². The zero-order chi connectivity index (χ0) is 24.6. The van der Waals surface area contributed by atoms with Gasteiger partial charge in [0.2, 0.25) is 5.95 Å². The number of nitriles is 1. The van der Waals surface area contributed by atoms with Crippen LogP contribution >= 0.6 is 0 Å². The van der Waals surface area contributed by atoms with Gasteiger partial charge in [0.05, 0.1) is 22.7 Å². The Morgan fingerprint density at radius 2 is 1.73 bits per heavy atom. The summed E-state index contributed by atoms with van der Waals surface area (Å²) in [5.41, 5.74) is 1.76. The molecule has 2 aromatic heterocycles. The standard InChI is InChI=1S/C19H13F6N7O/c1-9(15-30-17(27)31-32(15)14-3-2-10(7-26)8-28-14)29-16(33)11-4-12(18(20,21)22)6-13(5-11)19(23,24)25/h2-6,8-9H,1H3,(H2,27,31)(H,29,33). The van der Waals surface area contributed by atoms with Crippen LogP contribution < -0.4 is 11.1 Å². The third-order valence-corrected chi connectivity index (χ3v) is 4.33. The van der Waals surface area contributed by atoms with Crippen molar-refractivity contribution in [3.05, 3.63) is 64.6 Å². The summed E-state index contributed by atoms with van der Waals surface area (Å²) in [6.07, 6.45) is -8.96. The van der Waals surface area contributed by atoms with E-state index in [-0.39, 0.29) is 29.2 Å². The summed E-state index contributed by atoms with van der Waals surface area (Å²) in [6, 6.07) is 4.22. The van der Waals surface area contributed by atoms with Crippen LogP contribution in [0.15, 0.2) is 36.5 Å². The van der Waals surface area contributed by atoms with Crippen molar-refractivity contribution in [3.63, 3.8) is 0 Å². The minimum absolute atomic E-state index is 0.000999. The maximum absolute atomic E-state index is 13.1. The molecule has 1 aromatic carbocycles. The minimum atomic E-state index is -5.10. The number of rotatable bonds is 4. The Bertz CT molecular complexity index is 1190. The van der Waals surface area contributed by atoms with Gasteiger partial charge in [-0.25, -0.2) is 4.98 Å².